The Bertz CT molecular complexity index is 980. The summed E-state index contributed by atoms with van der Waals surface area (Å²) in [6.07, 6.45) is -2.12. The van der Waals surface area contributed by atoms with Gasteiger partial charge in [0.2, 0.25) is 0 Å². The predicted octanol–water partition coefficient (Wildman–Crippen LogP) is 4.27. The van der Waals surface area contributed by atoms with Crippen molar-refractivity contribution in [3.63, 3.8) is 0 Å². The van der Waals surface area contributed by atoms with Crippen LogP contribution in [0.4, 0.5) is 18.0 Å². The highest BCUT2D eigenvalue weighted by Crippen LogP contribution is 2.35. The number of halogens is 4. The van der Waals surface area contributed by atoms with E-state index in [1.54, 1.807) is 0 Å². The van der Waals surface area contributed by atoms with E-state index in [4.69, 9.17) is 21.2 Å². The number of aryl methyl sites for hydroxylation is 1. The number of aromatic nitrogens is 2. The number of nitrogens with zero attached hydrogens (tertiary/aromatic N) is 2. The molecule has 0 aliphatic heterocycles. The van der Waals surface area contributed by atoms with Crippen molar-refractivity contribution in [3.8, 4) is 11.4 Å². The van der Waals surface area contributed by atoms with Crippen molar-refractivity contribution in [2.45, 2.75) is 44.8 Å². The molecule has 2 unspecified atom stereocenters. The van der Waals surface area contributed by atoms with Crippen molar-refractivity contribution >= 4 is 23.6 Å². The molecule has 3 rings (SSSR count). The Morgan fingerprint density at radius 1 is 1.32 bits per heavy atom. The summed E-state index contributed by atoms with van der Waals surface area (Å²) >= 11 is 6.00. The van der Waals surface area contributed by atoms with Gasteiger partial charge in [-0.3, -0.25) is 9.78 Å². The fourth-order valence-electron chi connectivity index (χ4n) is 3.67. The first kappa shape index (κ1) is 22.9. The average molecular weight is 461 g/mol. The van der Waals surface area contributed by atoms with Crippen molar-refractivity contribution < 1.29 is 32.4 Å². The number of hydrogen-bond donors (Lipinski definition) is 3. The molecule has 2 atom stereocenters. The number of hydrogen-bond acceptors (Lipinski definition) is 5. The second-order valence-corrected chi connectivity index (χ2v) is 7.81. The summed E-state index contributed by atoms with van der Waals surface area (Å²) in [5.41, 5.74) is -1.12. The van der Waals surface area contributed by atoms with Gasteiger partial charge in [-0.25, -0.2) is 4.79 Å². The van der Waals surface area contributed by atoms with Gasteiger partial charge in [0.25, 0.3) is 5.91 Å². The number of carbonyl (C=O) groups is 2. The molecule has 1 saturated carbocycles. The van der Waals surface area contributed by atoms with Crippen molar-refractivity contribution in [1.82, 2.24) is 20.8 Å². The molecular formula is C19H20ClF3N4O4. The monoisotopic (exact) mass is 460 g/mol. The highest BCUT2D eigenvalue weighted by atomic mass is 35.5. The molecule has 2 amide bonds. The molecule has 3 N–H and O–H groups in total. The second kappa shape index (κ2) is 9.13. The third kappa shape index (κ3) is 5.46. The normalized spacial score (nSPS) is 19.1. The molecule has 1 aliphatic rings. The van der Waals surface area contributed by atoms with E-state index in [0.717, 1.165) is 18.9 Å². The fourth-order valence-corrected chi connectivity index (χ4v) is 3.92. The molecule has 2 aromatic heterocycles. The summed E-state index contributed by atoms with van der Waals surface area (Å²) in [5, 5.41) is 17.5. The Morgan fingerprint density at radius 2 is 2.06 bits per heavy atom. The van der Waals surface area contributed by atoms with E-state index < -0.39 is 23.7 Å². The van der Waals surface area contributed by atoms with E-state index in [2.05, 4.69) is 20.8 Å². The molecule has 8 nitrogen and oxygen atoms in total. The first-order valence-corrected chi connectivity index (χ1v) is 9.91. The van der Waals surface area contributed by atoms with Crippen LogP contribution in [0.3, 0.4) is 0 Å². The fraction of sp³-hybridized carbons (Fsp3) is 0.474. The summed E-state index contributed by atoms with van der Waals surface area (Å²) in [5.74, 6) is -0.252. The molecule has 2 heterocycles. The number of alkyl halides is 3. The van der Waals surface area contributed by atoms with Crippen LogP contribution in [0.5, 0.6) is 0 Å². The number of carbonyl (C=O) groups excluding carboxylic acids is 1. The lowest BCUT2D eigenvalue weighted by molar-refractivity contribution is -0.137. The van der Waals surface area contributed by atoms with Gasteiger partial charge in [-0.05, 0) is 38.2 Å². The quantitative estimate of drug-likeness (QED) is 0.613. The lowest BCUT2D eigenvalue weighted by Gasteiger charge is -2.29. The van der Waals surface area contributed by atoms with Gasteiger partial charge in [-0.1, -0.05) is 23.2 Å². The first-order valence-electron chi connectivity index (χ1n) is 9.53. The van der Waals surface area contributed by atoms with E-state index in [9.17, 15) is 22.8 Å². The molecule has 1 aliphatic carbocycles. The largest absolute Gasteiger partial charge is 0.465 e. The zero-order valence-electron chi connectivity index (χ0n) is 16.4. The van der Waals surface area contributed by atoms with Crippen molar-refractivity contribution in [2.75, 3.05) is 6.54 Å². The molecule has 168 valence electrons. The van der Waals surface area contributed by atoms with Crippen LogP contribution in [-0.4, -0.2) is 39.8 Å². The van der Waals surface area contributed by atoms with Crippen molar-refractivity contribution in [3.05, 3.63) is 34.2 Å². The molecule has 0 bridgehead atoms. The number of rotatable bonds is 5. The number of nitrogens with one attached hydrogen (secondary N) is 2. The van der Waals surface area contributed by atoms with Gasteiger partial charge in [0.1, 0.15) is 22.7 Å². The minimum absolute atomic E-state index is 0.0416. The minimum atomic E-state index is -4.61. The Morgan fingerprint density at radius 3 is 2.71 bits per heavy atom. The van der Waals surface area contributed by atoms with E-state index in [1.807, 2.05) is 0 Å². The van der Waals surface area contributed by atoms with Gasteiger partial charge in [0, 0.05) is 18.8 Å². The van der Waals surface area contributed by atoms with Crippen molar-refractivity contribution in [2.24, 2.45) is 5.92 Å². The molecule has 1 fully saturated rings. The van der Waals surface area contributed by atoms with Gasteiger partial charge < -0.3 is 20.3 Å². The Kier molecular flexibility index (Phi) is 6.73. The van der Waals surface area contributed by atoms with E-state index in [0.29, 0.717) is 25.6 Å². The summed E-state index contributed by atoms with van der Waals surface area (Å²) in [6, 6.07) is 0.525. The molecule has 0 spiro atoms. The lowest BCUT2D eigenvalue weighted by atomic mass is 9.85. The van der Waals surface area contributed by atoms with Crippen molar-refractivity contribution in [1.29, 1.82) is 0 Å². The molecule has 0 aromatic carbocycles. The Labute approximate surface area is 180 Å². The van der Waals surface area contributed by atoms with E-state index in [-0.39, 0.29) is 39.7 Å². The maximum absolute atomic E-state index is 12.9. The van der Waals surface area contributed by atoms with Gasteiger partial charge >= 0.3 is 12.3 Å². The van der Waals surface area contributed by atoms with Crippen LogP contribution < -0.4 is 10.6 Å². The van der Waals surface area contributed by atoms with E-state index in [1.165, 1.54) is 6.92 Å². The summed E-state index contributed by atoms with van der Waals surface area (Å²) in [7, 11) is 0. The average Bonchev–Trinajstić information content (AvgIpc) is 3.07. The summed E-state index contributed by atoms with van der Waals surface area (Å²) < 4.78 is 43.7. The van der Waals surface area contributed by atoms with Crippen LogP contribution in [0.1, 0.15) is 47.4 Å². The smallest absolute Gasteiger partial charge is 0.417 e. The topological polar surface area (TPSA) is 117 Å². The number of pyridine rings is 1. The molecule has 31 heavy (non-hydrogen) atoms. The predicted molar refractivity (Wildman–Crippen MR) is 104 cm³/mol. The van der Waals surface area contributed by atoms with Crippen LogP contribution in [0, 0.1) is 12.8 Å². The van der Waals surface area contributed by atoms with Gasteiger partial charge in [-0.2, -0.15) is 13.2 Å². The summed E-state index contributed by atoms with van der Waals surface area (Å²) in [4.78, 5) is 27.4. The van der Waals surface area contributed by atoms with Gasteiger partial charge in [-0.15, -0.1) is 0 Å². The lowest BCUT2D eigenvalue weighted by Crippen LogP contribution is -2.41. The van der Waals surface area contributed by atoms with Gasteiger partial charge in [0.15, 0.2) is 0 Å². The molecule has 12 heteroatoms. The third-order valence-electron chi connectivity index (χ3n) is 5.14. The first-order chi connectivity index (χ1) is 14.6. The van der Waals surface area contributed by atoms with Crippen LogP contribution >= 0.6 is 11.6 Å². The zero-order valence-corrected chi connectivity index (χ0v) is 17.2. The van der Waals surface area contributed by atoms with Crippen LogP contribution in [0.15, 0.2) is 16.8 Å². The van der Waals surface area contributed by atoms with E-state index >= 15 is 0 Å². The SMILES string of the molecule is Cc1onc(-c2ncc(C(F)(F)F)cc2Cl)c1C(=O)NC1CCCC(CNC(=O)O)C1. The van der Waals surface area contributed by atoms with Crippen LogP contribution in [-0.2, 0) is 6.18 Å². The molecule has 2 aromatic rings. The Balaban J connectivity index is 1.78. The highest BCUT2D eigenvalue weighted by Gasteiger charge is 2.33. The summed E-state index contributed by atoms with van der Waals surface area (Å²) in [6.45, 7) is 1.80. The maximum Gasteiger partial charge on any atom is 0.417 e. The molecule has 0 radical (unpaired) electrons. The minimum Gasteiger partial charge on any atom is -0.465 e. The molecular weight excluding hydrogens is 441 g/mol. The maximum atomic E-state index is 12.9. The third-order valence-corrected chi connectivity index (χ3v) is 5.43. The van der Waals surface area contributed by atoms with Crippen LogP contribution in [0.2, 0.25) is 5.02 Å². The Hall–Kier alpha value is -2.82. The standard InChI is InChI=1S/C19H20ClF3N4O4/c1-9-14(17(28)26-12-4-2-3-10(5-12)7-25-18(29)30)16(27-31-9)15-13(20)6-11(8-24-15)19(21,22)23/h6,8,10,12,25H,2-5,7H2,1H3,(H,26,28)(H,29,30). The number of carboxylic acid groups (broad SMARTS) is 1. The molecule has 0 saturated heterocycles. The van der Waals surface area contributed by atoms with Gasteiger partial charge in [0.05, 0.1) is 10.6 Å². The second-order valence-electron chi connectivity index (χ2n) is 7.40. The highest BCUT2D eigenvalue weighted by molar-refractivity contribution is 6.33. The van der Waals surface area contributed by atoms with Crippen LogP contribution in [0.25, 0.3) is 11.4 Å². The number of amides is 2. The zero-order chi connectivity index (χ0) is 22.8.